The Morgan fingerprint density at radius 1 is 1.30 bits per heavy atom. The first-order chi connectivity index (χ1) is 11.1. The van der Waals surface area contributed by atoms with Crippen LogP contribution in [0.5, 0.6) is 0 Å². The van der Waals surface area contributed by atoms with Gasteiger partial charge in [-0.3, -0.25) is 9.36 Å². The Morgan fingerprint density at radius 3 is 2.78 bits per heavy atom. The summed E-state index contributed by atoms with van der Waals surface area (Å²) in [5.41, 5.74) is 3.42. The van der Waals surface area contributed by atoms with Gasteiger partial charge >= 0.3 is 0 Å². The van der Waals surface area contributed by atoms with Crippen molar-refractivity contribution in [3.63, 3.8) is 0 Å². The lowest BCUT2D eigenvalue weighted by atomic mass is 10.1. The third-order valence-electron chi connectivity index (χ3n) is 3.13. The third kappa shape index (κ3) is 3.81. The Balaban J connectivity index is 1.70. The van der Waals surface area contributed by atoms with E-state index in [9.17, 15) is 4.79 Å². The highest BCUT2D eigenvalue weighted by Crippen LogP contribution is 2.22. The lowest BCUT2D eigenvalue weighted by molar-refractivity contribution is -0.113. The van der Waals surface area contributed by atoms with E-state index in [1.165, 1.54) is 29.2 Å². The van der Waals surface area contributed by atoms with E-state index in [-0.39, 0.29) is 11.7 Å². The van der Waals surface area contributed by atoms with Crippen LogP contribution in [0.15, 0.2) is 52.6 Å². The number of carbonyl (C=O) groups is 1. The van der Waals surface area contributed by atoms with Gasteiger partial charge in [0.25, 0.3) is 0 Å². The molecule has 23 heavy (non-hydrogen) atoms. The molecule has 0 radical (unpaired) electrons. The van der Waals surface area contributed by atoms with E-state index in [0.717, 1.165) is 10.8 Å². The summed E-state index contributed by atoms with van der Waals surface area (Å²) >= 11 is 1.37. The average Bonchev–Trinajstić information content (AvgIpc) is 3.15. The van der Waals surface area contributed by atoms with Gasteiger partial charge in [-0.1, -0.05) is 23.0 Å². The van der Waals surface area contributed by atoms with Crippen LogP contribution < -0.4 is 5.32 Å². The summed E-state index contributed by atoms with van der Waals surface area (Å²) in [6.07, 6.45) is 5.04. The van der Waals surface area contributed by atoms with Crippen molar-refractivity contribution in [3.05, 3.63) is 54.0 Å². The van der Waals surface area contributed by atoms with Crippen LogP contribution in [-0.4, -0.2) is 26.4 Å². The van der Waals surface area contributed by atoms with Gasteiger partial charge in [0.1, 0.15) is 6.26 Å². The highest BCUT2D eigenvalue weighted by atomic mass is 32.2. The third-order valence-corrected chi connectivity index (χ3v) is 4.10. The second-order valence-corrected chi connectivity index (χ2v) is 6.09. The van der Waals surface area contributed by atoms with Crippen LogP contribution in [0.25, 0.3) is 5.69 Å². The molecule has 3 rings (SSSR count). The minimum atomic E-state index is -0.154. The first-order valence-corrected chi connectivity index (χ1v) is 8.05. The van der Waals surface area contributed by atoms with Crippen molar-refractivity contribution in [2.75, 3.05) is 11.1 Å². The fraction of sp³-hybridized carbons (Fsp3) is 0.188. The van der Waals surface area contributed by atoms with Crippen molar-refractivity contribution in [3.8, 4) is 5.69 Å². The zero-order valence-electron chi connectivity index (χ0n) is 12.8. The summed E-state index contributed by atoms with van der Waals surface area (Å²) in [6.45, 7) is 4.12. The number of rotatable bonds is 5. The Kier molecular flexibility index (Phi) is 4.47. The normalized spacial score (nSPS) is 10.7. The van der Waals surface area contributed by atoms with Gasteiger partial charge in [0.05, 0.1) is 5.75 Å². The van der Waals surface area contributed by atoms with Crippen LogP contribution >= 0.6 is 11.8 Å². The van der Waals surface area contributed by atoms with Crippen LogP contribution in [0.3, 0.4) is 0 Å². The maximum atomic E-state index is 11.9. The average molecular weight is 328 g/mol. The second-order valence-electron chi connectivity index (χ2n) is 5.15. The molecule has 0 fully saturated rings. The molecule has 0 bridgehead atoms. The Hall–Kier alpha value is -2.54. The number of carbonyl (C=O) groups excluding carboxylic acids is 1. The van der Waals surface area contributed by atoms with Gasteiger partial charge in [-0.25, -0.2) is 4.98 Å². The minimum Gasteiger partial charge on any atom is -0.363 e. The van der Waals surface area contributed by atoms with E-state index in [1.807, 2.05) is 10.8 Å². The van der Waals surface area contributed by atoms with Crippen LogP contribution in [0.4, 0.5) is 5.82 Å². The molecule has 0 aliphatic rings. The maximum Gasteiger partial charge on any atom is 0.236 e. The molecule has 3 aromatic rings. The topological polar surface area (TPSA) is 73.0 Å². The van der Waals surface area contributed by atoms with Gasteiger partial charge in [0, 0.05) is 24.1 Å². The molecule has 1 N–H and O–H groups in total. The molecule has 0 atom stereocenters. The van der Waals surface area contributed by atoms with Crippen molar-refractivity contribution < 1.29 is 9.32 Å². The number of aryl methyl sites for hydroxylation is 2. The van der Waals surface area contributed by atoms with E-state index in [1.54, 1.807) is 12.3 Å². The van der Waals surface area contributed by atoms with Gasteiger partial charge in [-0.2, -0.15) is 0 Å². The van der Waals surface area contributed by atoms with E-state index in [2.05, 4.69) is 52.0 Å². The summed E-state index contributed by atoms with van der Waals surface area (Å²) in [5.74, 6) is 0.501. The van der Waals surface area contributed by atoms with Crippen LogP contribution in [0.1, 0.15) is 11.1 Å². The number of nitrogens with one attached hydrogen (secondary N) is 1. The second kappa shape index (κ2) is 6.70. The molecule has 0 saturated heterocycles. The predicted octanol–water partition coefficient (Wildman–Crippen LogP) is 3.21. The fourth-order valence-corrected chi connectivity index (χ4v) is 3.04. The molecule has 0 aliphatic carbocycles. The fourth-order valence-electron chi connectivity index (χ4n) is 2.27. The highest BCUT2D eigenvalue weighted by Gasteiger charge is 2.10. The minimum absolute atomic E-state index is 0.154. The number of nitrogens with zero attached hydrogens (tertiary/aromatic N) is 3. The van der Waals surface area contributed by atoms with E-state index in [4.69, 9.17) is 0 Å². The number of imidazole rings is 1. The van der Waals surface area contributed by atoms with Crippen LogP contribution in [0.2, 0.25) is 0 Å². The van der Waals surface area contributed by atoms with Crippen molar-refractivity contribution in [2.45, 2.75) is 19.0 Å². The van der Waals surface area contributed by atoms with Gasteiger partial charge in [-0.15, -0.1) is 0 Å². The van der Waals surface area contributed by atoms with Gasteiger partial charge in [-0.05, 0) is 37.1 Å². The molecule has 7 heteroatoms. The Labute approximate surface area is 137 Å². The molecule has 1 aromatic carbocycles. The van der Waals surface area contributed by atoms with Crippen molar-refractivity contribution in [1.82, 2.24) is 14.7 Å². The van der Waals surface area contributed by atoms with Crippen LogP contribution in [-0.2, 0) is 4.79 Å². The molecule has 6 nitrogen and oxygen atoms in total. The first kappa shape index (κ1) is 15.4. The summed E-state index contributed by atoms with van der Waals surface area (Å²) in [7, 11) is 0. The maximum absolute atomic E-state index is 11.9. The molecule has 0 spiro atoms. The number of aromatic nitrogens is 3. The molecule has 2 aromatic heterocycles. The molecule has 1 amide bonds. The van der Waals surface area contributed by atoms with E-state index < -0.39 is 0 Å². The lowest BCUT2D eigenvalue weighted by Crippen LogP contribution is -2.14. The SMILES string of the molecule is Cc1cc(C)cc(-n2ccnc2SCC(=O)Nc2ccon2)c1. The summed E-state index contributed by atoms with van der Waals surface area (Å²) in [4.78, 5) is 16.2. The molecule has 2 heterocycles. The molecular formula is C16H16N4O2S. The number of hydrogen-bond donors (Lipinski definition) is 1. The van der Waals surface area contributed by atoms with E-state index >= 15 is 0 Å². The first-order valence-electron chi connectivity index (χ1n) is 7.07. The van der Waals surface area contributed by atoms with Gasteiger partial charge in [0.15, 0.2) is 11.0 Å². The molecule has 0 unspecified atom stereocenters. The van der Waals surface area contributed by atoms with Gasteiger partial charge in [0.2, 0.25) is 5.91 Å². The number of thioether (sulfide) groups is 1. The number of hydrogen-bond acceptors (Lipinski definition) is 5. The standard InChI is InChI=1S/C16H16N4O2S/c1-11-7-12(2)9-13(8-11)20-5-4-17-16(20)23-10-15(21)18-14-3-6-22-19-14/h3-9H,10H2,1-2H3,(H,18,19,21). The predicted molar refractivity (Wildman–Crippen MR) is 88.9 cm³/mol. The van der Waals surface area contributed by atoms with Crippen LogP contribution in [0, 0.1) is 13.8 Å². The summed E-state index contributed by atoms with van der Waals surface area (Å²) < 4.78 is 6.66. The zero-order chi connectivity index (χ0) is 16.2. The monoisotopic (exact) mass is 328 g/mol. The Morgan fingerprint density at radius 2 is 2.09 bits per heavy atom. The highest BCUT2D eigenvalue weighted by molar-refractivity contribution is 7.99. The summed E-state index contributed by atoms with van der Waals surface area (Å²) in [6, 6.07) is 7.90. The van der Waals surface area contributed by atoms with Crippen molar-refractivity contribution in [2.24, 2.45) is 0 Å². The number of benzene rings is 1. The quantitative estimate of drug-likeness (QED) is 0.728. The number of amides is 1. The molecule has 0 aliphatic heterocycles. The van der Waals surface area contributed by atoms with Crippen molar-refractivity contribution >= 4 is 23.5 Å². The molecule has 0 saturated carbocycles. The van der Waals surface area contributed by atoms with Gasteiger partial charge < -0.3 is 9.84 Å². The summed E-state index contributed by atoms with van der Waals surface area (Å²) in [5, 5.41) is 7.08. The smallest absolute Gasteiger partial charge is 0.236 e. The lowest BCUT2D eigenvalue weighted by Gasteiger charge is -2.09. The van der Waals surface area contributed by atoms with Crippen molar-refractivity contribution in [1.29, 1.82) is 0 Å². The zero-order valence-corrected chi connectivity index (χ0v) is 13.6. The molecule has 118 valence electrons. The van der Waals surface area contributed by atoms with E-state index in [0.29, 0.717) is 5.82 Å². The Bertz CT molecular complexity index is 791. The number of anilines is 1. The molecular weight excluding hydrogens is 312 g/mol. The largest absolute Gasteiger partial charge is 0.363 e.